The van der Waals surface area contributed by atoms with E-state index < -0.39 is 105 Å². The molecule has 2 atom stereocenters. The van der Waals surface area contributed by atoms with Crippen LogP contribution in [0, 0.1) is 0 Å². The van der Waals surface area contributed by atoms with E-state index in [1.807, 2.05) is 25.7 Å². The maximum atomic E-state index is 10.6. The Morgan fingerprint density at radius 1 is 0.717 bits per heavy atom. The van der Waals surface area contributed by atoms with Crippen molar-refractivity contribution in [2.45, 2.75) is 129 Å². The minimum atomic E-state index is -0.933. The lowest BCUT2D eigenvalue weighted by atomic mass is 9.37. The standard InChI is InChI=1S/C48H55BN2OS/c1-44(2,3)30-17-21-32(22-18-30)50(33-23-19-31(20-24-33)45(4,5)6)34-27-37-41-38(28-34)52-39-29-40(46(7,8)9)53-43(39)49(41)36-16-14-15-35-42(36)51(37)48(11)26-13-12-25-47(35,48)10/h14-24,27-29H,12-13,25-26H2,1-11H3/i14D,15D,16D,17D,18D,19D,20D,21D,22D,23D,24D,27D,28D,29D. The first kappa shape index (κ1) is 22.4. The van der Waals surface area contributed by atoms with Crippen molar-refractivity contribution in [1.82, 2.24) is 0 Å². The number of ether oxygens (including phenoxy) is 1. The van der Waals surface area contributed by atoms with E-state index in [1.54, 1.807) is 41.5 Å². The van der Waals surface area contributed by atoms with Crippen molar-refractivity contribution in [1.29, 1.82) is 0 Å². The molecule has 272 valence electrons. The van der Waals surface area contributed by atoms with E-state index in [2.05, 4.69) is 13.8 Å². The second kappa shape index (κ2) is 11.3. The molecule has 4 aromatic carbocycles. The zero-order chi connectivity index (χ0) is 49.6. The summed E-state index contributed by atoms with van der Waals surface area (Å²) < 4.78 is 143. The summed E-state index contributed by atoms with van der Waals surface area (Å²) in [6.45, 7) is 19.7. The van der Waals surface area contributed by atoms with Crippen LogP contribution in [0.4, 0.5) is 28.4 Å². The Hall–Kier alpha value is -3.96. The molecule has 5 aromatic rings. The summed E-state index contributed by atoms with van der Waals surface area (Å²) >= 11 is 1.34. The fraction of sp³-hybridized carbons (Fsp3) is 0.417. The monoisotopic (exact) mass is 733 g/mol. The summed E-state index contributed by atoms with van der Waals surface area (Å²) in [6, 6.07) is -5.34. The molecule has 1 fully saturated rings. The van der Waals surface area contributed by atoms with Crippen LogP contribution in [-0.2, 0) is 21.7 Å². The number of fused-ring (bicyclic) bond motifs is 7. The summed E-state index contributed by atoms with van der Waals surface area (Å²) in [5.41, 5.74) is -3.11. The fourth-order valence-corrected chi connectivity index (χ4v) is 9.83. The number of hydrogen-bond donors (Lipinski definition) is 0. The molecule has 53 heavy (non-hydrogen) atoms. The highest BCUT2D eigenvalue weighted by Crippen LogP contribution is 2.62. The molecule has 3 nitrogen and oxygen atoms in total. The van der Waals surface area contributed by atoms with Crippen molar-refractivity contribution < 1.29 is 23.9 Å². The second-order valence-electron chi connectivity index (χ2n) is 18.7. The summed E-state index contributed by atoms with van der Waals surface area (Å²) in [5.74, 6) is -0.00457. The van der Waals surface area contributed by atoms with Crippen LogP contribution in [0.15, 0.2) is 84.6 Å². The molecule has 1 aliphatic carbocycles. The number of benzene rings is 4. The molecule has 5 heteroatoms. The molecule has 9 rings (SSSR count). The maximum absolute atomic E-state index is 10.6. The molecule has 0 saturated heterocycles. The number of thiophene rings is 1. The van der Waals surface area contributed by atoms with E-state index >= 15 is 0 Å². The van der Waals surface area contributed by atoms with Gasteiger partial charge in [0.2, 0.25) is 0 Å². The third kappa shape index (κ3) is 5.05. The molecular weight excluding hydrogens is 663 g/mol. The van der Waals surface area contributed by atoms with Gasteiger partial charge in [-0.1, -0.05) is 124 Å². The van der Waals surface area contributed by atoms with Crippen LogP contribution < -0.4 is 30.2 Å². The maximum Gasteiger partial charge on any atom is 0.268 e. The average molecular weight is 733 g/mol. The average Bonchev–Trinajstić information content (AvgIpc) is 3.67. The van der Waals surface area contributed by atoms with E-state index in [0.29, 0.717) is 44.7 Å². The lowest BCUT2D eigenvalue weighted by Crippen LogP contribution is -2.62. The van der Waals surface area contributed by atoms with Gasteiger partial charge in [0.1, 0.15) is 11.5 Å². The molecule has 4 aliphatic rings. The Morgan fingerprint density at radius 2 is 1.32 bits per heavy atom. The number of anilines is 5. The first-order valence-corrected chi connectivity index (χ1v) is 19.5. The van der Waals surface area contributed by atoms with Gasteiger partial charge >= 0.3 is 0 Å². The van der Waals surface area contributed by atoms with Crippen molar-refractivity contribution in [2.24, 2.45) is 0 Å². The summed E-state index contributed by atoms with van der Waals surface area (Å²) in [6.07, 6.45) is 2.81. The van der Waals surface area contributed by atoms with Crippen molar-refractivity contribution in [3.05, 3.63) is 106 Å². The molecule has 0 spiro atoms. The zero-order valence-corrected chi connectivity index (χ0v) is 33.4. The summed E-state index contributed by atoms with van der Waals surface area (Å²) in [4.78, 5) is 3.67. The van der Waals surface area contributed by atoms with E-state index in [9.17, 15) is 19.2 Å². The van der Waals surface area contributed by atoms with Crippen molar-refractivity contribution in [2.75, 3.05) is 9.80 Å². The minimum absolute atomic E-state index is 0.0589. The van der Waals surface area contributed by atoms with Gasteiger partial charge in [-0.05, 0) is 99.9 Å². The summed E-state index contributed by atoms with van der Waals surface area (Å²) in [7, 11) is 0. The van der Waals surface area contributed by atoms with Crippen LogP contribution in [-0.4, -0.2) is 12.3 Å². The zero-order valence-electron chi connectivity index (χ0n) is 46.6. The molecule has 1 aromatic heterocycles. The van der Waals surface area contributed by atoms with Crippen molar-refractivity contribution >= 4 is 62.2 Å². The van der Waals surface area contributed by atoms with Crippen LogP contribution in [0.2, 0.25) is 0 Å². The van der Waals surface area contributed by atoms with Crippen LogP contribution in [0.25, 0.3) is 0 Å². The third-order valence-corrected chi connectivity index (χ3v) is 13.5. The Morgan fingerprint density at radius 3 is 1.91 bits per heavy atom. The number of rotatable bonds is 3. The third-order valence-electron chi connectivity index (χ3n) is 11.9. The topological polar surface area (TPSA) is 15.7 Å². The quantitative estimate of drug-likeness (QED) is 0.169. The minimum Gasteiger partial charge on any atom is -0.457 e. The normalized spacial score (nSPS) is 25.1. The highest BCUT2D eigenvalue weighted by Gasteiger charge is 2.61. The van der Waals surface area contributed by atoms with Gasteiger partial charge < -0.3 is 14.5 Å². The number of para-hydroxylation sites is 1. The number of nitrogens with zero attached hydrogens (tertiary/aromatic N) is 2. The molecule has 2 unspecified atom stereocenters. The van der Waals surface area contributed by atoms with Gasteiger partial charge in [-0.3, -0.25) is 0 Å². The summed E-state index contributed by atoms with van der Waals surface area (Å²) in [5, 5.41) is 0. The Balaban J connectivity index is 1.52. The molecule has 0 bridgehead atoms. The van der Waals surface area contributed by atoms with E-state index in [1.165, 1.54) is 11.3 Å². The van der Waals surface area contributed by atoms with Crippen molar-refractivity contribution in [3.8, 4) is 11.5 Å². The van der Waals surface area contributed by atoms with Gasteiger partial charge in [-0.15, -0.1) is 11.3 Å². The van der Waals surface area contributed by atoms with E-state index in [4.69, 9.17) is 4.74 Å². The predicted molar refractivity (Wildman–Crippen MR) is 229 cm³/mol. The molecule has 0 radical (unpaired) electrons. The van der Waals surface area contributed by atoms with Crippen LogP contribution >= 0.6 is 11.3 Å². The lowest BCUT2D eigenvalue weighted by Gasteiger charge is -2.52. The first-order valence-electron chi connectivity index (χ1n) is 25.7. The Kier molecular flexibility index (Phi) is 4.78. The fourth-order valence-electron chi connectivity index (χ4n) is 8.62. The van der Waals surface area contributed by atoms with Gasteiger partial charge in [0.15, 0.2) is 0 Å². The molecule has 1 saturated carbocycles. The smallest absolute Gasteiger partial charge is 0.268 e. The molecule has 0 N–H and O–H groups in total. The lowest BCUT2D eigenvalue weighted by molar-refractivity contribution is 0.195. The van der Waals surface area contributed by atoms with Gasteiger partial charge in [0, 0.05) is 43.9 Å². The van der Waals surface area contributed by atoms with Crippen LogP contribution in [0.3, 0.4) is 0 Å². The van der Waals surface area contributed by atoms with Gasteiger partial charge in [-0.25, -0.2) is 0 Å². The highest BCUT2D eigenvalue weighted by atomic mass is 32.1. The van der Waals surface area contributed by atoms with Gasteiger partial charge in [0.25, 0.3) is 6.71 Å². The highest BCUT2D eigenvalue weighted by molar-refractivity contribution is 7.28. The predicted octanol–water partition coefficient (Wildman–Crippen LogP) is 11.8. The van der Waals surface area contributed by atoms with E-state index in [0.717, 1.165) is 17.7 Å². The number of hydrogen-bond acceptors (Lipinski definition) is 4. The SMILES string of the molecule is [2H]c1c([2H])c2c3c(c1[2H])C1(C)CCCCC1(C)N3c1c([2H])c(N(c3c([2H])c([2H])c(C(C)(C)C)c([2H])c3[2H])c3c([2H])c([2H])c(C(C)(C)C)c([2H])c3[2H])c([2H])c3c1B2c1sc(C(C)(C)C)c([2H])c1O3. The van der Waals surface area contributed by atoms with Gasteiger partial charge in [0.05, 0.1) is 30.4 Å². The largest absolute Gasteiger partial charge is 0.457 e. The molecule has 0 amide bonds. The Bertz CT molecular complexity index is 2940. The van der Waals surface area contributed by atoms with Crippen LogP contribution in [0.5, 0.6) is 11.5 Å². The van der Waals surface area contributed by atoms with Crippen LogP contribution in [0.1, 0.15) is 143 Å². The second-order valence-corrected chi connectivity index (χ2v) is 19.7. The molecule has 4 heterocycles. The van der Waals surface area contributed by atoms with Crippen molar-refractivity contribution in [3.63, 3.8) is 0 Å². The molecule has 3 aliphatic heterocycles. The van der Waals surface area contributed by atoms with E-state index in [-0.39, 0.29) is 58.5 Å². The Labute approximate surface area is 342 Å². The van der Waals surface area contributed by atoms with Gasteiger partial charge in [-0.2, -0.15) is 0 Å². The molecular formula is C48H55BN2OS. The first-order chi connectivity index (χ1) is 30.8.